The lowest BCUT2D eigenvalue weighted by Gasteiger charge is -2.25. The molecule has 1 aliphatic carbocycles. The number of nitro groups is 1. The minimum Gasteiger partial charge on any atom is -0.426 e. The van der Waals surface area contributed by atoms with Crippen LogP contribution in [0.15, 0.2) is 42.5 Å². The Morgan fingerprint density at radius 1 is 1.03 bits per heavy atom. The van der Waals surface area contributed by atoms with Crippen molar-refractivity contribution in [2.45, 2.75) is 39.5 Å². The Labute approximate surface area is 213 Å². The number of amides is 3. The van der Waals surface area contributed by atoms with Gasteiger partial charge in [-0.2, -0.15) is 0 Å². The molecule has 10 nitrogen and oxygen atoms in total. The first-order valence-electron chi connectivity index (χ1n) is 12.4. The fraction of sp³-hybridized carbons (Fsp3) is 0.407. The fourth-order valence-electron chi connectivity index (χ4n) is 5.61. The summed E-state index contributed by atoms with van der Waals surface area (Å²) in [6.45, 7) is 3.73. The Morgan fingerprint density at radius 3 is 2.54 bits per heavy atom. The predicted octanol–water partition coefficient (Wildman–Crippen LogP) is 3.79. The van der Waals surface area contributed by atoms with Crippen molar-refractivity contribution in [2.24, 2.45) is 23.7 Å². The molecule has 3 amide bonds. The highest BCUT2D eigenvalue weighted by atomic mass is 16.6. The number of aryl methyl sites for hydroxylation is 1. The highest BCUT2D eigenvalue weighted by Crippen LogP contribution is 2.42. The number of hydrogen-bond acceptors (Lipinski definition) is 7. The minimum atomic E-state index is -0.768. The second-order valence-electron chi connectivity index (χ2n) is 10.2. The summed E-state index contributed by atoms with van der Waals surface area (Å²) in [5.41, 5.74) is 1.08. The smallest absolute Gasteiger partial charge is 0.316 e. The summed E-state index contributed by atoms with van der Waals surface area (Å²) in [4.78, 5) is 64.9. The first-order valence-corrected chi connectivity index (χ1v) is 12.4. The standard InChI is InChI=1S/C27H27N3O7/c1-15-6-9-21-22(10-15)26(33)29(25(21)32)19-4-3-5-20(12-19)37-27(34)17-11-24(31)28(14-17)18-8-7-16(2)23(13-18)30(35)36/h3-5,7-8,12-13,15,17,21-22H,6,9-11,14H2,1-2H3/t15-,17-,21-,22+/m1/s1. The van der Waals surface area contributed by atoms with Gasteiger partial charge >= 0.3 is 5.97 Å². The lowest BCUT2D eigenvalue weighted by molar-refractivity contribution is -0.385. The highest BCUT2D eigenvalue weighted by molar-refractivity contribution is 6.22. The van der Waals surface area contributed by atoms with E-state index in [2.05, 4.69) is 6.92 Å². The Bertz CT molecular complexity index is 1320. The zero-order valence-electron chi connectivity index (χ0n) is 20.6. The monoisotopic (exact) mass is 505 g/mol. The summed E-state index contributed by atoms with van der Waals surface area (Å²) in [5, 5.41) is 11.3. The summed E-state index contributed by atoms with van der Waals surface area (Å²) in [6.07, 6.45) is 2.21. The number of nitro benzene ring substituents is 1. The van der Waals surface area contributed by atoms with Crippen molar-refractivity contribution in [3.05, 3.63) is 58.1 Å². The van der Waals surface area contributed by atoms with Gasteiger partial charge in [-0.05, 0) is 50.3 Å². The minimum absolute atomic E-state index is 0.0300. The Hall–Kier alpha value is -4.08. The number of fused-ring (bicyclic) bond motifs is 1. The molecule has 0 N–H and O–H groups in total. The van der Waals surface area contributed by atoms with Gasteiger partial charge in [0.1, 0.15) is 5.75 Å². The van der Waals surface area contributed by atoms with Crippen LogP contribution in [0.25, 0.3) is 0 Å². The van der Waals surface area contributed by atoms with E-state index in [4.69, 9.17) is 4.74 Å². The van der Waals surface area contributed by atoms with Gasteiger partial charge < -0.3 is 9.64 Å². The summed E-state index contributed by atoms with van der Waals surface area (Å²) in [6, 6.07) is 10.8. The molecule has 2 aliphatic heterocycles. The van der Waals surface area contributed by atoms with Crippen LogP contribution < -0.4 is 14.5 Å². The first kappa shape index (κ1) is 24.6. The molecule has 3 aliphatic rings. The predicted molar refractivity (Wildman–Crippen MR) is 133 cm³/mol. The number of rotatable bonds is 5. The zero-order valence-corrected chi connectivity index (χ0v) is 20.6. The third-order valence-electron chi connectivity index (χ3n) is 7.64. The molecule has 0 unspecified atom stereocenters. The molecule has 192 valence electrons. The van der Waals surface area contributed by atoms with E-state index in [-0.39, 0.29) is 54.0 Å². The van der Waals surface area contributed by atoms with Crippen molar-refractivity contribution >= 4 is 40.8 Å². The van der Waals surface area contributed by atoms with Crippen LogP contribution in [-0.2, 0) is 19.2 Å². The molecule has 1 saturated carbocycles. The molecule has 0 radical (unpaired) electrons. The number of anilines is 2. The lowest BCUT2D eigenvalue weighted by Crippen LogP contribution is -2.31. The zero-order chi connectivity index (χ0) is 26.4. The molecule has 0 aromatic heterocycles. The van der Waals surface area contributed by atoms with Gasteiger partial charge in [0, 0.05) is 30.7 Å². The van der Waals surface area contributed by atoms with Crippen LogP contribution >= 0.6 is 0 Å². The summed E-state index contributed by atoms with van der Waals surface area (Å²) < 4.78 is 5.54. The van der Waals surface area contributed by atoms with E-state index in [9.17, 15) is 29.3 Å². The Balaban J connectivity index is 1.29. The molecule has 3 fully saturated rings. The molecule has 0 bridgehead atoms. The Kier molecular flexibility index (Phi) is 6.26. The van der Waals surface area contributed by atoms with E-state index >= 15 is 0 Å². The van der Waals surface area contributed by atoms with Gasteiger partial charge in [0.25, 0.3) is 5.69 Å². The first-order chi connectivity index (χ1) is 17.6. The number of carbonyl (C=O) groups is 4. The normalized spacial score (nSPS) is 25.4. The molecule has 0 spiro atoms. The quantitative estimate of drug-likeness (QED) is 0.199. The molecule has 2 saturated heterocycles. The maximum atomic E-state index is 13.0. The highest BCUT2D eigenvalue weighted by Gasteiger charge is 2.50. The van der Waals surface area contributed by atoms with Crippen molar-refractivity contribution in [2.75, 3.05) is 16.3 Å². The van der Waals surface area contributed by atoms with Gasteiger partial charge in [0.05, 0.1) is 34.1 Å². The summed E-state index contributed by atoms with van der Waals surface area (Å²) in [5.74, 6) is -2.21. The van der Waals surface area contributed by atoms with Crippen LogP contribution in [0.1, 0.15) is 38.2 Å². The van der Waals surface area contributed by atoms with Crippen molar-refractivity contribution in [1.82, 2.24) is 0 Å². The summed E-state index contributed by atoms with van der Waals surface area (Å²) >= 11 is 0. The molecule has 10 heteroatoms. The third-order valence-corrected chi connectivity index (χ3v) is 7.64. The second-order valence-corrected chi connectivity index (χ2v) is 10.2. The molecule has 2 aromatic carbocycles. The third kappa shape index (κ3) is 4.47. The number of ether oxygens (including phenoxy) is 1. The van der Waals surface area contributed by atoms with E-state index in [1.54, 1.807) is 37.3 Å². The van der Waals surface area contributed by atoms with E-state index < -0.39 is 16.8 Å². The molecule has 37 heavy (non-hydrogen) atoms. The number of hydrogen-bond donors (Lipinski definition) is 0. The van der Waals surface area contributed by atoms with Gasteiger partial charge in [0.15, 0.2) is 0 Å². The topological polar surface area (TPSA) is 127 Å². The van der Waals surface area contributed by atoms with E-state index in [1.165, 1.54) is 21.9 Å². The van der Waals surface area contributed by atoms with Crippen molar-refractivity contribution < 1.29 is 28.8 Å². The van der Waals surface area contributed by atoms with E-state index in [0.717, 1.165) is 6.42 Å². The Morgan fingerprint density at radius 2 is 1.78 bits per heavy atom. The largest absolute Gasteiger partial charge is 0.426 e. The maximum Gasteiger partial charge on any atom is 0.316 e. The van der Waals surface area contributed by atoms with Crippen LogP contribution in [0.4, 0.5) is 17.1 Å². The average Bonchev–Trinajstić information content (AvgIpc) is 3.36. The van der Waals surface area contributed by atoms with Crippen LogP contribution in [0.3, 0.4) is 0 Å². The number of benzene rings is 2. The SMILES string of the molecule is Cc1ccc(N2C[C@H](C(=O)Oc3cccc(N4C(=O)[C@H]5C[C@H](C)CC[C@H]5C4=O)c3)CC2=O)cc1[N+](=O)[O-]. The molecule has 2 aromatic rings. The van der Waals surface area contributed by atoms with Gasteiger partial charge in [-0.1, -0.05) is 19.1 Å². The van der Waals surface area contributed by atoms with Crippen LogP contribution in [0.5, 0.6) is 5.75 Å². The van der Waals surface area contributed by atoms with Gasteiger partial charge in [-0.15, -0.1) is 0 Å². The van der Waals surface area contributed by atoms with Gasteiger partial charge in [0.2, 0.25) is 17.7 Å². The fourth-order valence-corrected chi connectivity index (χ4v) is 5.61. The molecule has 2 heterocycles. The van der Waals surface area contributed by atoms with Gasteiger partial charge in [-0.3, -0.25) is 29.3 Å². The van der Waals surface area contributed by atoms with Crippen LogP contribution in [0.2, 0.25) is 0 Å². The van der Waals surface area contributed by atoms with Gasteiger partial charge in [-0.25, -0.2) is 4.90 Å². The van der Waals surface area contributed by atoms with Crippen molar-refractivity contribution in [3.63, 3.8) is 0 Å². The number of nitrogens with zero attached hydrogens (tertiary/aromatic N) is 3. The number of esters is 1. The molecule has 5 rings (SSSR count). The maximum absolute atomic E-state index is 13.0. The lowest BCUT2D eigenvalue weighted by atomic mass is 9.76. The molecule has 4 atom stereocenters. The average molecular weight is 506 g/mol. The van der Waals surface area contributed by atoms with Crippen molar-refractivity contribution in [3.8, 4) is 5.75 Å². The second kappa shape index (κ2) is 9.42. The summed E-state index contributed by atoms with van der Waals surface area (Å²) in [7, 11) is 0. The van der Waals surface area contributed by atoms with E-state index in [0.29, 0.717) is 35.7 Å². The molecular weight excluding hydrogens is 478 g/mol. The molecular formula is C27H27N3O7. The number of carbonyl (C=O) groups excluding carboxylic acids is 4. The van der Waals surface area contributed by atoms with E-state index in [1.807, 2.05) is 0 Å². The van der Waals surface area contributed by atoms with Crippen molar-refractivity contribution in [1.29, 1.82) is 0 Å². The van der Waals surface area contributed by atoms with Crippen LogP contribution in [-0.4, -0.2) is 35.2 Å². The number of imide groups is 1. The van der Waals surface area contributed by atoms with Crippen LogP contribution in [0, 0.1) is 40.7 Å².